The number of rotatable bonds is 11. The minimum absolute atomic E-state index is 0.0813. The molecule has 1 atom stereocenters. The van der Waals surface area contributed by atoms with Crippen LogP contribution in [0.25, 0.3) is 0 Å². The minimum atomic E-state index is -0.987. The molecule has 0 aliphatic rings. The molecule has 2 N–H and O–H groups in total. The Labute approximate surface area is 182 Å². The molecule has 1 heterocycles. The number of ether oxygens (including phenoxy) is 1. The number of halogens is 1. The Kier molecular flexibility index (Phi) is 8.86. The monoisotopic (exact) mass is 453 g/mol. The molecule has 162 valence electrons. The summed E-state index contributed by atoms with van der Waals surface area (Å²) >= 11 is 2.38. The Bertz CT molecular complexity index is 895. The molecule has 0 bridgehead atoms. The second-order valence-electron chi connectivity index (χ2n) is 6.77. The van der Waals surface area contributed by atoms with E-state index >= 15 is 0 Å². The summed E-state index contributed by atoms with van der Waals surface area (Å²) in [4.78, 5) is 37.7. The summed E-state index contributed by atoms with van der Waals surface area (Å²) in [6.45, 7) is 4.69. The molecule has 1 unspecified atom stereocenters. The molecule has 0 fully saturated rings. The number of benzene rings is 1. The number of carbonyl (C=O) groups is 3. The van der Waals surface area contributed by atoms with Crippen molar-refractivity contribution in [2.75, 3.05) is 17.9 Å². The van der Waals surface area contributed by atoms with Gasteiger partial charge >= 0.3 is 5.97 Å². The van der Waals surface area contributed by atoms with Crippen LogP contribution < -0.4 is 10.1 Å². The number of thiophene rings is 1. The summed E-state index contributed by atoms with van der Waals surface area (Å²) in [6, 6.07) is 7.86. The van der Waals surface area contributed by atoms with Crippen LogP contribution in [0.1, 0.15) is 41.6 Å². The van der Waals surface area contributed by atoms with E-state index in [9.17, 15) is 18.8 Å². The molecule has 9 heteroatoms. The van der Waals surface area contributed by atoms with Crippen LogP contribution in [0.5, 0.6) is 5.75 Å². The van der Waals surface area contributed by atoms with Gasteiger partial charge in [0.2, 0.25) is 12.8 Å². The highest BCUT2D eigenvalue weighted by Gasteiger charge is 2.26. The number of carboxylic acid groups (broad SMARTS) is 1. The first kappa shape index (κ1) is 23.9. The Morgan fingerprint density at radius 2 is 1.90 bits per heavy atom. The molecule has 2 aromatic rings. The molecular weight excluding hydrogens is 429 g/mol. The summed E-state index contributed by atoms with van der Waals surface area (Å²) < 4.78 is 17.0. The smallest absolute Gasteiger partial charge is 0.313 e. The topological polar surface area (TPSA) is 92.7 Å². The van der Waals surface area contributed by atoms with E-state index < -0.39 is 18.1 Å². The molecule has 6 nitrogen and oxygen atoms in total. The van der Waals surface area contributed by atoms with Crippen LogP contribution >= 0.6 is 23.1 Å². The predicted octanol–water partition coefficient (Wildman–Crippen LogP) is 4.63. The predicted molar refractivity (Wildman–Crippen MR) is 118 cm³/mol. The zero-order valence-corrected chi connectivity index (χ0v) is 18.6. The number of nitrogens with one attached hydrogen (secondary N) is 1. The van der Waals surface area contributed by atoms with Gasteiger partial charge in [-0.15, -0.1) is 23.1 Å². The van der Waals surface area contributed by atoms with E-state index in [0.717, 1.165) is 16.6 Å². The van der Waals surface area contributed by atoms with Gasteiger partial charge in [0, 0.05) is 10.4 Å². The lowest BCUT2D eigenvalue weighted by atomic mass is 10.0. The molecule has 0 aliphatic heterocycles. The van der Waals surface area contributed by atoms with Gasteiger partial charge in [0.15, 0.2) is 5.78 Å². The summed E-state index contributed by atoms with van der Waals surface area (Å²) in [7, 11) is 0. The van der Waals surface area contributed by atoms with E-state index in [2.05, 4.69) is 5.32 Å². The molecular formula is C21H24FNO5S2. The normalized spacial score (nSPS) is 11.9. The van der Waals surface area contributed by atoms with Gasteiger partial charge in [-0.1, -0.05) is 20.8 Å². The molecule has 0 spiro atoms. The van der Waals surface area contributed by atoms with Crippen molar-refractivity contribution in [3.8, 4) is 5.75 Å². The summed E-state index contributed by atoms with van der Waals surface area (Å²) in [5.41, 5.74) is 0.757. The van der Waals surface area contributed by atoms with Gasteiger partial charge in [0.25, 0.3) is 0 Å². The van der Waals surface area contributed by atoms with Crippen molar-refractivity contribution in [1.82, 2.24) is 0 Å². The zero-order valence-electron chi connectivity index (χ0n) is 16.9. The van der Waals surface area contributed by atoms with Crippen LogP contribution in [0.4, 0.5) is 9.39 Å². The highest BCUT2D eigenvalue weighted by Crippen LogP contribution is 2.32. The molecule has 0 saturated carbocycles. The largest absolute Gasteiger partial charge is 0.481 e. The van der Waals surface area contributed by atoms with Gasteiger partial charge in [-0.25, -0.2) is 4.39 Å². The number of thioether (sulfide) groups is 1. The van der Waals surface area contributed by atoms with Crippen molar-refractivity contribution in [2.24, 2.45) is 5.92 Å². The highest BCUT2D eigenvalue weighted by atomic mass is 32.2. The van der Waals surface area contributed by atoms with E-state index in [0.29, 0.717) is 28.3 Å². The lowest BCUT2D eigenvalue weighted by Gasteiger charge is -2.19. The van der Waals surface area contributed by atoms with E-state index in [4.69, 9.17) is 9.84 Å². The number of aliphatic carboxylic acids is 1. The van der Waals surface area contributed by atoms with Crippen molar-refractivity contribution in [3.05, 3.63) is 46.3 Å². The van der Waals surface area contributed by atoms with Crippen molar-refractivity contribution < 1.29 is 28.6 Å². The molecule has 30 heavy (non-hydrogen) atoms. The van der Waals surface area contributed by atoms with Gasteiger partial charge in [-0.05, 0) is 42.7 Å². The van der Waals surface area contributed by atoms with Crippen molar-refractivity contribution >= 4 is 45.8 Å². The average Bonchev–Trinajstić information content (AvgIpc) is 3.10. The summed E-state index contributed by atoms with van der Waals surface area (Å²) in [5, 5.41) is 11.6. The Hall–Kier alpha value is -2.39. The van der Waals surface area contributed by atoms with Gasteiger partial charge in [-0.2, -0.15) is 0 Å². The number of amides is 1. The highest BCUT2D eigenvalue weighted by molar-refractivity contribution is 8.01. The van der Waals surface area contributed by atoms with Gasteiger partial charge < -0.3 is 15.2 Å². The fourth-order valence-corrected chi connectivity index (χ4v) is 4.63. The van der Waals surface area contributed by atoms with Gasteiger partial charge in [0.1, 0.15) is 10.8 Å². The van der Waals surface area contributed by atoms with Crippen LogP contribution in [0.3, 0.4) is 0 Å². The second-order valence-corrected chi connectivity index (χ2v) is 9.04. The lowest BCUT2D eigenvalue weighted by molar-refractivity contribution is -0.133. The summed E-state index contributed by atoms with van der Waals surface area (Å²) in [5.74, 6) is -1.53. The molecule has 0 aliphatic carbocycles. The molecule has 2 rings (SSSR count). The zero-order chi connectivity index (χ0) is 22.3. The number of carbonyl (C=O) groups excluding carboxylic acids is 2. The molecule has 1 aromatic carbocycles. The molecule has 1 aromatic heterocycles. The van der Waals surface area contributed by atoms with Crippen LogP contribution in [0.2, 0.25) is 0 Å². The SMILES string of the molecule is CCc1cc(C(=O)c2ccc(OCF)cc2)c(NC(=O)C(SCC(=O)O)C(C)C)s1. The molecule has 1 amide bonds. The average molecular weight is 454 g/mol. The van der Waals surface area contributed by atoms with E-state index in [1.165, 1.54) is 23.5 Å². The Balaban J connectivity index is 2.26. The van der Waals surface area contributed by atoms with Crippen LogP contribution in [0, 0.1) is 5.92 Å². The van der Waals surface area contributed by atoms with Crippen molar-refractivity contribution in [1.29, 1.82) is 0 Å². The fraction of sp³-hybridized carbons (Fsp3) is 0.381. The second kappa shape index (κ2) is 11.1. The first-order chi connectivity index (χ1) is 14.3. The van der Waals surface area contributed by atoms with E-state index in [1.807, 2.05) is 20.8 Å². The van der Waals surface area contributed by atoms with Crippen LogP contribution in [-0.2, 0) is 16.0 Å². The first-order valence-electron chi connectivity index (χ1n) is 9.37. The van der Waals surface area contributed by atoms with E-state index in [-0.39, 0.29) is 23.4 Å². The Morgan fingerprint density at radius 3 is 2.43 bits per heavy atom. The number of hydrogen-bond acceptors (Lipinski definition) is 6. The lowest BCUT2D eigenvalue weighted by Crippen LogP contribution is -2.30. The summed E-state index contributed by atoms with van der Waals surface area (Å²) in [6.07, 6.45) is 0.700. The van der Waals surface area contributed by atoms with E-state index in [1.54, 1.807) is 18.2 Å². The fourth-order valence-electron chi connectivity index (χ4n) is 2.71. The quantitative estimate of drug-likeness (QED) is 0.482. The van der Waals surface area contributed by atoms with Crippen molar-refractivity contribution in [3.63, 3.8) is 0 Å². The third-order valence-corrected chi connectivity index (χ3v) is 6.93. The standard InChI is InChI=1S/C21H24FNO5S2/c1-4-15-9-16(18(26)13-5-7-14(8-6-13)28-11-22)21(30-15)23-20(27)19(12(2)3)29-10-17(24)25/h5-9,12,19H,4,10-11H2,1-3H3,(H,23,27)(H,24,25). The number of anilines is 1. The third-order valence-electron chi connectivity index (χ3n) is 4.20. The van der Waals surface area contributed by atoms with Gasteiger partial charge in [0.05, 0.1) is 16.6 Å². The Morgan fingerprint density at radius 1 is 1.23 bits per heavy atom. The third kappa shape index (κ3) is 6.30. The molecule has 0 saturated heterocycles. The number of ketones is 1. The van der Waals surface area contributed by atoms with Gasteiger partial charge in [-0.3, -0.25) is 14.4 Å². The first-order valence-corrected chi connectivity index (χ1v) is 11.2. The van der Waals surface area contributed by atoms with Crippen molar-refractivity contribution in [2.45, 2.75) is 32.4 Å². The maximum atomic E-state index is 13.0. The maximum absolute atomic E-state index is 13.0. The number of aryl methyl sites for hydroxylation is 1. The van der Waals surface area contributed by atoms with Crippen LogP contribution in [0.15, 0.2) is 30.3 Å². The number of carboxylic acids is 1. The minimum Gasteiger partial charge on any atom is -0.481 e. The number of hydrogen-bond donors (Lipinski definition) is 2. The van der Waals surface area contributed by atoms with Crippen LogP contribution in [-0.4, -0.2) is 40.6 Å². The molecule has 0 radical (unpaired) electrons. The number of alkyl halides is 1. The maximum Gasteiger partial charge on any atom is 0.313 e.